The molecule has 0 spiro atoms. The fourth-order valence-corrected chi connectivity index (χ4v) is 1.43. The minimum atomic E-state index is -0.251. The maximum Gasteiger partial charge on any atom is 0.325 e. The van der Waals surface area contributed by atoms with Crippen LogP contribution in [0.15, 0.2) is 61.4 Å². The monoisotopic (exact) mass is 269 g/mol. The largest absolute Gasteiger partial charge is 0.439 e. The highest BCUT2D eigenvalue weighted by Gasteiger charge is 2.05. The van der Waals surface area contributed by atoms with Crippen molar-refractivity contribution in [2.45, 2.75) is 0 Å². The second-order valence-corrected chi connectivity index (χ2v) is 4.02. The molecule has 0 saturated carbocycles. The van der Waals surface area contributed by atoms with Crippen molar-refractivity contribution in [2.24, 2.45) is 0 Å². The van der Waals surface area contributed by atoms with Gasteiger partial charge in [-0.05, 0) is 30.3 Å². The average Bonchev–Trinajstić information content (AvgIpc) is 2.49. The van der Waals surface area contributed by atoms with Crippen molar-refractivity contribution in [3.05, 3.63) is 61.4 Å². The lowest BCUT2D eigenvalue weighted by Gasteiger charge is -2.13. The molecule has 5 heteroatoms. The summed E-state index contributed by atoms with van der Waals surface area (Å²) >= 11 is 0. The first-order valence-corrected chi connectivity index (χ1v) is 6.04. The van der Waals surface area contributed by atoms with Gasteiger partial charge in [0, 0.05) is 31.2 Å². The van der Waals surface area contributed by atoms with Crippen molar-refractivity contribution >= 4 is 11.7 Å². The number of carbonyl (C=O) groups is 1. The standard InChI is InChI=1S/C15H15N3O2/c1-3-18(2)15(19)17-12-7-9-13(10-8-12)20-14-6-4-5-11-16-14/h3-11H,1H2,2H3,(H,17,19). The van der Waals surface area contributed by atoms with Gasteiger partial charge in [0.25, 0.3) is 0 Å². The van der Waals surface area contributed by atoms with Crippen LogP contribution in [0.2, 0.25) is 0 Å². The van der Waals surface area contributed by atoms with Crippen molar-refractivity contribution in [2.75, 3.05) is 12.4 Å². The fourth-order valence-electron chi connectivity index (χ4n) is 1.43. The summed E-state index contributed by atoms with van der Waals surface area (Å²) in [5.41, 5.74) is 0.678. The molecule has 0 aliphatic rings. The maximum atomic E-state index is 11.6. The molecule has 0 unspecified atom stereocenters. The number of urea groups is 1. The molecule has 102 valence electrons. The van der Waals surface area contributed by atoms with Crippen LogP contribution < -0.4 is 10.1 Å². The molecule has 1 N–H and O–H groups in total. The van der Waals surface area contributed by atoms with Crippen molar-refractivity contribution in [3.63, 3.8) is 0 Å². The predicted octanol–water partition coefficient (Wildman–Crippen LogP) is 3.48. The van der Waals surface area contributed by atoms with E-state index in [1.165, 1.54) is 11.1 Å². The highest BCUT2D eigenvalue weighted by molar-refractivity contribution is 5.89. The molecular formula is C15H15N3O2. The number of carbonyl (C=O) groups excluding carboxylic acids is 1. The summed E-state index contributed by atoms with van der Waals surface area (Å²) in [5.74, 6) is 1.18. The first-order valence-electron chi connectivity index (χ1n) is 6.04. The van der Waals surface area contributed by atoms with Gasteiger partial charge in [0.05, 0.1) is 0 Å². The summed E-state index contributed by atoms with van der Waals surface area (Å²) in [5, 5.41) is 2.73. The number of aromatic nitrogens is 1. The highest BCUT2D eigenvalue weighted by atomic mass is 16.5. The van der Waals surface area contributed by atoms with Gasteiger partial charge in [-0.25, -0.2) is 9.78 Å². The molecule has 2 rings (SSSR count). The topological polar surface area (TPSA) is 54.5 Å². The number of hydrogen-bond acceptors (Lipinski definition) is 3. The quantitative estimate of drug-likeness (QED) is 0.924. The van der Waals surface area contributed by atoms with Gasteiger partial charge in [0.1, 0.15) is 5.75 Å². The van der Waals surface area contributed by atoms with Gasteiger partial charge in [-0.1, -0.05) is 12.6 Å². The van der Waals surface area contributed by atoms with Crippen molar-refractivity contribution in [3.8, 4) is 11.6 Å². The minimum Gasteiger partial charge on any atom is -0.439 e. The lowest BCUT2D eigenvalue weighted by molar-refractivity contribution is 0.235. The molecule has 0 saturated heterocycles. The van der Waals surface area contributed by atoms with E-state index in [9.17, 15) is 4.79 Å². The Morgan fingerprint density at radius 3 is 2.65 bits per heavy atom. The number of hydrogen-bond donors (Lipinski definition) is 1. The summed E-state index contributed by atoms with van der Waals surface area (Å²) < 4.78 is 5.56. The van der Waals surface area contributed by atoms with Crippen LogP contribution >= 0.6 is 0 Å². The lowest BCUT2D eigenvalue weighted by atomic mass is 10.3. The predicted molar refractivity (Wildman–Crippen MR) is 77.7 cm³/mol. The van der Waals surface area contributed by atoms with Crippen LogP contribution in [0.5, 0.6) is 11.6 Å². The summed E-state index contributed by atoms with van der Waals surface area (Å²) in [6, 6.07) is 12.2. The fraction of sp³-hybridized carbons (Fsp3) is 0.0667. The molecular weight excluding hydrogens is 254 g/mol. The van der Waals surface area contributed by atoms with E-state index in [-0.39, 0.29) is 6.03 Å². The van der Waals surface area contributed by atoms with Gasteiger partial charge < -0.3 is 15.0 Å². The second-order valence-electron chi connectivity index (χ2n) is 4.02. The molecule has 0 aliphatic heterocycles. The van der Waals surface area contributed by atoms with Crippen LogP contribution in [0.1, 0.15) is 0 Å². The first kappa shape index (κ1) is 13.6. The molecule has 20 heavy (non-hydrogen) atoms. The third kappa shape index (κ3) is 3.58. The number of anilines is 1. The molecule has 2 amide bonds. The van der Waals surface area contributed by atoms with Crippen LogP contribution in [0.3, 0.4) is 0 Å². The molecule has 0 radical (unpaired) electrons. The van der Waals surface area contributed by atoms with Crippen molar-refractivity contribution in [1.82, 2.24) is 9.88 Å². The van der Waals surface area contributed by atoms with E-state index in [1.807, 2.05) is 12.1 Å². The normalized spacial score (nSPS) is 9.65. The third-order valence-electron chi connectivity index (χ3n) is 2.56. The summed E-state index contributed by atoms with van der Waals surface area (Å²) in [6.45, 7) is 3.52. The molecule has 5 nitrogen and oxygen atoms in total. The van der Waals surface area contributed by atoms with Crippen LogP contribution in [-0.4, -0.2) is 23.0 Å². The number of nitrogens with zero attached hydrogens (tertiary/aromatic N) is 2. The van der Waals surface area contributed by atoms with E-state index in [4.69, 9.17) is 4.74 Å². The van der Waals surface area contributed by atoms with E-state index in [0.29, 0.717) is 17.3 Å². The van der Waals surface area contributed by atoms with Gasteiger partial charge in [-0.15, -0.1) is 0 Å². The molecule has 0 atom stereocenters. The third-order valence-corrected chi connectivity index (χ3v) is 2.56. The van der Waals surface area contributed by atoms with Gasteiger partial charge in [-0.3, -0.25) is 0 Å². The van der Waals surface area contributed by atoms with Gasteiger partial charge in [0.2, 0.25) is 5.88 Å². The Morgan fingerprint density at radius 1 is 1.30 bits per heavy atom. The van der Waals surface area contributed by atoms with E-state index in [2.05, 4.69) is 16.9 Å². The number of benzene rings is 1. The highest BCUT2D eigenvalue weighted by Crippen LogP contribution is 2.21. The first-order chi connectivity index (χ1) is 9.69. The average molecular weight is 269 g/mol. The van der Waals surface area contributed by atoms with Crippen molar-refractivity contribution < 1.29 is 9.53 Å². The van der Waals surface area contributed by atoms with E-state index < -0.39 is 0 Å². The summed E-state index contributed by atoms with van der Waals surface area (Å²) in [6.07, 6.45) is 3.10. The number of rotatable bonds is 4. The van der Waals surface area contributed by atoms with E-state index in [1.54, 1.807) is 43.6 Å². The zero-order chi connectivity index (χ0) is 14.4. The Balaban J connectivity index is 2.00. The Labute approximate surface area is 117 Å². The summed E-state index contributed by atoms with van der Waals surface area (Å²) in [4.78, 5) is 17.1. The molecule has 0 aliphatic carbocycles. The number of nitrogens with one attached hydrogen (secondary N) is 1. The lowest BCUT2D eigenvalue weighted by Crippen LogP contribution is -2.26. The molecule has 0 bridgehead atoms. The van der Waals surface area contributed by atoms with E-state index >= 15 is 0 Å². The maximum absolute atomic E-state index is 11.6. The van der Waals surface area contributed by atoms with Gasteiger partial charge in [-0.2, -0.15) is 0 Å². The van der Waals surface area contributed by atoms with E-state index in [0.717, 1.165) is 0 Å². The number of pyridine rings is 1. The second kappa shape index (κ2) is 6.38. The molecule has 1 aromatic carbocycles. The number of amides is 2. The van der Waals surface area contributed by atoms with Crippen LogP contribution in [-0.2, 0) is 0 Å². The Hall–Kier alpha value is -2.82. The molecule has 1 aromatic heterocycles. The smallest absolute Gasteiger partial charge is 0.325 e. The van der Waals surface area contributed by atoms with Crippen molar-refractivity contribution in [1.29, 1.82) is 0 Å². The molecule has 0 fully saturated rings. The summed E-state index contributed by atoms with van der Waals surface area (Å²) in [7, 11) is 1.63. The zero-order valence-electron chi connectivity index (χ0n) is 11.1. The molecule has 2 aromatic rings. The number of ether oxygens (including phenoxy) is 1. The molecule has 1 heterocycles. The van der Waals surface area contributed by atoms with Crippen LogP contribution in [0.25, 0.3) is 0 Å². The SMILES string of the molecule is C=CN(C)C(=O)Nc1ccc(Oc2ccccn2)cc1. The Bertz CT molecular complexity index is 582. The minimum absolute atomic E-state index is 0.251. The Morgan fingerprint density at radius 2 is 2.05 bits per heavy atom. The van der Waals surface area contributed by atoms with Gasteiger partial charge >= 0.3 is 6.03 Å². The van der Waals surface area contributed by atoms with Crippen LogP contribution in [0.4, 0.5) is 10.5 Å². The zero-order valence-corrected chi connectivity index (χ0v) is 11.1. The van der Waals surface area contributed by atoms with Gasteiger partial charge in [0.15, 0.2) is 0 Å². The van der Waals surface area contributed by atoms with Crippen LogP contribution in [0, 0.1) is 0 Å². The Kier molecular flexibility index (Phi) is 4.34.